The molecule has 1 atom stereocenters. The Morgan fingerprint density at radius 3 is 2.47 bits per heavy atom. The highest BCUT2D eigenvalue weighted by molar-refractivity contribution is 5.66. The predicted octanol–water partition coefficient (Wildman–Crippen LogP) is 5.26. The van der Waals surface area contributed by atoms with Crippen molar-refractivity contribution in [1.82, 2.24) is 0 Å². The van der Waals surface area contributed by atoms with Crippen LogP contribution < -0.4 is 0 Å². The predicted molar refractivity (Wildman–Crippen MR) is 126 cm³/mol. The number of carbonyl (C=O) groups is 1. The number of rotatable bonds is 10. The van der Waals surface area contributed by atoms with Crippen molar-refractivity contribution in [3.8, 4) is 0 Å². The lowest BCUT2D eigenvalue weighted by Gasteiger charge is -2.32. The number of allylic oxidation sites excluding steroid dienone is 10. The molecule has 0 aliphatic heterocycles. The Kier molecular flexibility index (Phi) is 14.7. The molecule has 0 spiro atoms. The third kappa shape index (κ3) is 12.5. The molecule has 2 N–H and O–H groups in total. The summed E-state index contributed by atoms with van der Waals surface area (Å²) in [4.78, 5) is 10.3. The van der Waals surface area contributed by atoms with Crippen molar-refractivity contribution < 1.29 is 19.7 Å². The molecule has 4 heteroatoms. The van der Waals surface area contributed by atoms with Crippen LogP contribution in [0.15, 0.2) is 71.4 Å². The molecule has 1 rings (SSSR count). The van der Waals surface area contributed by atoms with Crippen LogP contribution in [0.3, 0.4) is 0 Å². The number of ether oxygens (including phenoxy) is 1. The largest absolute Gasteiger partial charge is 0.394 e. The maximum absolute atomic E-state index is 10.3. The second-order valence-electron chi connectivity index (χ2n) is 8.24. The van der Waals surface area contributed by atoms with E-state index in [0.717, 1.165) is 11.9 Å². The van der Waals surface area contributed by atoms with Crippen LogP contribution in [0, 0.1) is 5.41 Å². The molecule has 4 nitrogen and oxygen atoms in total. The summed E-state index contributed by atoms with van der Waals surface area (Å²) in [7, 11) is 0. The first-order valence-electron chi connectivity index (χ1n) is 10.5. The van der Waals surface area contributed by atoms with Gasteiger partial charge < -0.3 is 14.9 Å². The molecule has 0 amide bonds. The number of aliphatic hydroxyl groups excluding tert-OH is 2. The first kappa shape index (κ1) is 28.0. The molecule has 0 heterocycles. The molecule has 0 saturated heterocycles. The summed E-state index contributed by atoms with van der Waals surface area (Å²) in [6.45, 7) is 14.7. The molecule has 1 aliphatic rings. The minimum Gasteiger partial charge on any atom is -0.394 e. The van der Waals surface area contributed by atoms with Gasteiger partial charge in [-0.15, -0.1) is 6.58 Å². The minimum absolute atomic E-state index is 0.169. The van der Waals surface area contributed by atoms with Crippen LogP contribution in [0.25, 0.3) is 0 Å². The molecular weight excluding hydrogens is 376 g/mol. The molecule has 168 valence electrons. The summed E-state index contributed by atoms with van der Waals surface area (Å²) in [5.74, 6) is 0. The van der Waals surface area contributed by atoms with Gasteiger partial charge in [0.1, 0.15) is 12.4 Å². The number of hydrogen-bond donors (Lipinski definition) is 2. The quantitative estimate of drug-likeness (QED) is 0.168. The van der Waals surface area contributed by atoms with E-state index in [1.165, 1.54) is 36.0 Å². The van der Waals surface area contributed by atoms with E-state index in [1.807, 2.05) is 19.1 Å². The molecular formula is C26H40O4. The zero-order valence-electron chi connectivity index (χ0n) is 19.4. The average Bonchev–Trinajstić information content (AvgIpc) is 2.68. The van der Waals surface area contributed by atoms with E-state index >= 15 is 0 Å². The third-order valence-corrected chi connectivity index (χ3v) is 4.86. The monoisotopic (exact) mass is 416 g/mol. The van der Waals surface area contributed by atoms with E-state index in [0.29, 0.717) is 6.61 Å². The van der Waals surface area contributed by atoms with Crippen LogP contribution in [0.1, 0.15) is 53.9 Å². The number of aliphatic hydroxyl groups is 2. The highest BCUT2D eigenvalue weighted by Gasteiger charge is 2.26. The SMILES string of the molecule is C=CCOCC(O)CO.CC1=C(/C=C/C(C)=C/C=C/C(C)=C/C=O)C(C)(C)CCC1. The fourth-order valence-corrected chi connectivity index (χ4v) is 3.14. The van der Waals surface area contributed by atoms with Gasteiger partial charge in [0.15, 0.2) is 0 Å². The molecule has 0 saturated carbocycles. The van der Waals surface area contributed by atoms with E-state index < -0.39 is 6.10 Å². The van der Waals surface area contributed by atoms with E-state index in [2.05, 4.69) is 52.5 Å². The molecule has 0 bridgehead atoms. The van der Waals surface area contributed by atoms with E-state index in [-0.39, 0.29) is 18.6 Å². The lowest BCUT2D eigenvalue weighted by molar-refractivity contribution is -0.104. The Bertz CT molecular complexity index is 675. The summed E-state index contributed by atoms with van der Waals surface area (Å²) in [5.41, 5.74) is 5.48. The van der Waals surface area contributed by atoms with Crippen molar-refractivity contribution in [2.24, 2.45) is 5.41 Å². The maximum atomic E-state index is 10.3. The smallest absolute Gasteiger partial charge is 0.143 e. The first-order valence-corrected chi connectivity index (χ1v) is 10.5. The molecule has 0 radical (unpaired) electrons. The number of hydrogen-bond acceptors (Lipinski definition) is 4. The van der Waals surface area contributed by atoms with Crippen molar-refractivity contribution in [2.75, 3.05) is 19.8 Å². The van der Waals surface area contributed by atoms with E-state index in [1.54, 1.807) is 12.2 Å². The van der Waals surface area contributed by atoms with Gasteiger partial charge in [0.2, 0.25) is 0 Å². The van der Waals surface area contributed by atoms with E-state index in [9.17, 15) is 4.79 Å². The summed E-state index contributed by atoms with van der Waals surface area (Å²) < 4.78 is 4.81. The van der Waals surface area contributed by atoms with Gasteiger partial charge in [-0.05, 0) is 62.7 Å². The highest BCUT2D eigenvalue weighted by atomic mass is 16.5. The van der Waals surface area contributed by atoms with E-state index in [4.69, 9.17) is 14.9 Å². The molecule has 1 unspecified atom stereocenters. The average molecular weight is 417 g/mol. The fourth-order valence-electron chi connectivity index (χ4n) is 3.14. The highest BCUT2D eigenvalue weighted by Crippen LogP contribution is 2.40. The van der Waals surface area contributed by atoms with Gasteiger partial charge in [-0.25, -0.2) is 0 Å². The van der Waals surface area contributed by atoms with Crippen LogP contribution in [-0.2, 0) is 9.53 Å². The summed E-state index contributed by atoms with van der Waals surface area (Å²) in [6, 6.07) is 0. The van der Waals surface area contributed by atoms with Crippen LogP contribution in [-0.4, -0.2) is 42.4 Å². The molecule has 1 aliphatic carbocycles. The van der Waals surface area contributed by atoms with Crippen molar-refractivity contribution in [2.45, 2.75) is 60.0 Å². The topological polar surface area (TPSA) is 66.8 Å². The van der Waals surface area contributed by atoms with Gasteiger partial charge in [-0.1, -0.05) is 61.4 Å². The number of carbonyl (C=O) groups excluding carboxylic acids is 1. The molecule has 30 heavy (non-hydrogen) atoms. The normalized spacial score (nSPS) is 18.4. The van der Waals surface area contributed by atoms with Crippen molar-refractivity contribution in [3.05, 3.63) is 71.4 Å². The van der Waals surface area contributed by atoms with Crippen LogP contribution in [0.2, 0.25) is 0 Å². The summed E-state index contributed by atoms with van der Waals surface area (Å²) in [6.07, 6.45) is 17.5. The zero-order chi connectivity index (χ0) is 23.0. The fraction of sp³-hybridized carbons (Fsp3) is 0.500. The second-order valence-corrected chi connectivity index (χ2v) is 8.24. The molecule has 0 aromatic rings. The first-order chi connectivity index (χ1) is 14.2. The van der Waals surface area contributed by atoms with Crippen molar-refractivity contribution >= 4 is 6.29 Å². The Labute approximate surface area is 183 Å². The zero-order valence-corrected chi connectivity index (χ0v) is 19.4. The third-order valence-electron chi connectivity index (χ3n) is 4.86. The van der Waals surface area contributed by atoms with Gasteiger partial charge in [0.25, 0.3) is 0 Å². The minimum atomic E-state index is -0.759. The Morgan fingerprint density at radius 1 is 1.23 bits per heavy atom. The lowest BCUT2D eigenvalue weighted by Crippen LogP contribution is -2.19. The Hall–Kier alpha value is -2.01. The van der Waals surface area contributed by atoms with Gasteiger partial charge >= 0.3 is 0 Å². The van der Waals surface area contributed by atoms with Gasteiger partial charge in [0, 0.05) is 0 Å². The second kappa shape index (κ2) is 15.8. The van der Waals surface area contributed by atoms with Gasteiger partial charge in [0.05, 0.1) is 19.8 Å². The van der Waals surface area contributed by atoms with Crippen molar-refractivity contribution in [3.63, 3.8) is 0 Å². The van der Waals surface area contributed by atoms with Gasteiger partial charge in [-0.3, -0.25) is 4.79 Å². The Balaban J connectivity index is 0.000000787. The van der Waals surface area contributed by atoms with Crippen LogP contribution in [0.4, 0.5) is 0 Å². The summed E-state index contributed by atoms with van der Waals surface area (Å²) in [5, 5.41) is 17.0. The van der Waals surface area contributed by atoms with Crippen LogP contribution >= 0.6 is 0 Å². The number of aldehydes is 1. The molecule has 0 aromatic carbocycles. The Morgan fingerprint density at radius 2 is 1.90 bits per heavy atom. The van der Waals surface area contributed by atoms with Crippen molar-refractivity contribution in [1.29, 1.82) is 0 Å². The van der Waals surface area contributed by atoms with Gasteiger partial charge in [-0.2, -0.15) is 0 Å². The van der Waals surface area contributed by atoms with Crippen LogP contribution in [0.5, 0.6) is 0 Å². The standard InChI is InChI=1S/C20H28O.C6H12O3/c1-16(8-6-9-17(2)13-15-21)11-12-19-18(3)10-7-14-20(19,4)5;1-2-3-9-5-6(8)4-7/h6,8-9,11-13,15H,7,10,14H2,1-5H3;2,6-8H,1,3-5H2/b9-6+,12-11+,16-8+,17-13+;. The molecule has 0 aromatic heterocycles. The summed E-state index contributed by atoms with van der Waals surface area (Å²) >= 11 is 0. The lowest BCUT2D eigenvalue weighted by atomic mass is 9.72. The molecule has 0 fully saturated rings. The maximum Gasteiger partial charge on any atom is 0.143 e.